The summed E-state index contributed by atoms with van der Waals surface area (Å²) in [6, 6.07) is 0. The second kappa shape index (κ2) is 11.3. The van der Waals surface area contributed by atoms with E-state index in [0.29, 0.717) is 13.0 Å². The number of aliphatic hydroxyl groups excluding tert-OH is 1. The van der Waals surface area contributed by atoms with Crippen LogP contribution in [-0.2, 0) is 10.1 Å². The Morgan fingerprint density at radius 2 is 1.69 bits per heavy atom. The van der Waals surface area contributed by atoms with Crippen molar-refractivity contribution in [2.45, 2.75) is 52.1 Å². The van der Waals surface area contributed by atoms with Crippen LogP contribution in [0.2, 0.25) is 0 Å². The molecule has 5 nitrogen and oxygen atoms in total. The summed E-state index contributed by atoms with van der Waals surface area (Å²) in [5, 5.41) is 8.86. The first kappa shape index (κ1) is 18.2. The molecule has 0 spiro atoms. The number of rotatable bonds is 7. The second-order valence-corrected chi connectivity index (χ2v) is 5.24. The van der Waals surface area contributed by atoms with E-state index in [-0.39, 0.29) is 11.9 Å². The molecule has 4 N–H and O–H groups in total. The molecule has 0 aliphatic heterocycles. The number of aliphatic hydroxyl groups is 1. The van der Waals surface area contributed by atoms with Crippen LogP contribution in [0.5, 0.6) is 0 Å². The molecule has 0 fully saturated rings. The first-order valence-electron chi connectivity index (χ1n) is 5.70. The zero-order valence-corrected chi connectivity index (χ0v) is 11.0. The number of unbranched alkanes of at least 4 members (excludes halogenated alkanes) is 2. The smallest absolute Gasteiger partial charge is 0.264 e. The third kappa shape index (κ3) is 19.4. The highest BCUT2D eigenvalue weighted by Crippen LogP contribution is 1.97. The van der Waals surface area contributed by atoms with Gasteiger partial charge in [-0.25, -0.2) is 0 Å². The van der Waals surface area contributed by atoms with Gasteiger partial charge in [-0.15, -0.1) is 0 Å². The van der Waals surface area contributed by atoms with Crippen molar-refractivity contribution < 1.29 is 18.1 Å². The molecule has 0 rings (SSSR count). The molecule has 0 aromatic heterocycles. The Hall–Kier alpha value is -0.170. The summed E-state index contributed by atoms with van der Waals surface area (Å²) in [4.78, 5) is 0. The third-order valence-electron chi connectivity index (χ3n) is 1.92. The minimum Gasteiger partial charge on any atom is -0.392 e. The van der Waals surface area contributed by atoms with Gasteiger partial charge in [-0.1, -0.05) is 33.1 Å². The van der Waals surface area contributed by atoms with E-state index in [1.54, 1.807) is 0 Å². The van der Waals surface area contributed by atoms with Gasteiger partial charge >= 0.3 is 0 Å². The van der Waals surface area contributed by atoms with Gasteiger partial charge in [0.2, 0.25) is 0 Å². The predicted molar refractivity (Wildman–Crippen MR) is 65.9 cm³/mol. The molecule has 0 saturated carbocycles. The highest BCUT2D eigenvalue weighted by Gasteiger charge is 2.00. The van der Waals surface area contributed by atoms with Crippen molar-refractivity contribution >= 4 is 10.1 Å². The quantitative estimate of drug-likeness (QED) is 0.593. The van der Waals surface area contributed by atoms with E-state index in [1.165, 1.54) is 0 Å². The molecule has 0 aliphatic carbocycles. The lowest BCUT2D eigenvalue weighted by molar-refractivity contribution is 0.169. The largest absolute Gasteiger partial charge is 0.392 e. The molecule has 1 unspecified atom stereocenters. The lowest BCUT2D eigenvalue weighted by Gasteiger charge is -2.03. The van der Waals surface area contributed by atoms with Gasteiger partial charge in [-0.3, -0.25) is 4.55 Å². The van der Waals surface area contributed by atoms with Crippen LogP contribution in [0.4, 0.5) is 0 Å². The van der Waals surface area contributed by atoms with Crippen LogP contribution >= 0.6 is 0 Å². The molecule has 1 atom stereocenters. The summed E-state index contributed by atoms with van der Waals surface area (Å²) >= 11 is 0. The fraction of sp³-hybridized carbons (Fsp3) is 1.00. The fourth-order valence-electron chi connectivity index (χ4n) is 0.884. The van der Waals surface area contributed by atoms with Crippen LogP contribution in [0.3, 0.4) is 0 Å². The van der Waals surface area contributed by atoms with Crippen LogP contribution < -0.4 is 5.73 Å². The SMILES string of the molecule is CCCCC(O)CN.CCCCS(=O)(=O)O. The second-order valence-electron chi connectivity index (χ2n) is 3.67. The molecule has 0 radical (unpaired) electrons. The molecular formula is C10H25NO4S. The topological polar surface area (TPSA) is 101 Å². The summed E-state index contributed by atoms with van der Waals surface area (Å²) in [5.41, 5.74) is 5.16. The Morgan fingerprint density at radius 3 is 1.94 bits per heavy atom. The van der Waals surface area contributed by atoms with E-state index < -0.39 is 10.1 Å². The third-order valence-corrected chi connectivity index (χ3v) is 2.72. The van der Waals surface area contributed by atoms with E-state index in [9.17, 15) is 8.42 Å². The van der Waals surface area contributed by atoms with E-state index >= 15 is 0 Å². The molecule has 0 amide bonds. The van der Waals surface area contributed by atoms with Crippen LogP contribution in [0.15, 0.2) is 0 Å². The summed E-state index contributed by atoms with van der Waals surface area (Å²) in [7, 11) is -3.69. The van der Waals surface area contributed by atoms with Crippen molar-refractivity contribution in [2.75, 3.05) is 12.3 Å². The van der Waals surface area contributed by atoms with Crippen LogP contribution in [0, 0.1) is 0 Å². The molecule has 0 aromatic rings. The van der Waals surface area contributed by atoms with E-state index in [2.05, 4.69) is 6.92 Å². The number of hydrogen-bond donors (Lipinski definition) is 3. The van der Waals surface area contributed by atoms with E-state index in [0.717, 1.165) is 25.7 Å². The average Bonchev–Trinajstić information content (AvgIpc) is 2.22. The van der Waals surface area contributed by atoms with Gasteiger partial charge in [-0.2, -0.15) is 8.42 Å². The summed E-state index contributed by atoms with van der Waals surface area (Å²) in [6.07, 6.45) is 4.14. The maximum Gasteiger partial charge on any atom is 0.264 e. The molecule has 0 aliphatic rings. The Labute approximate surface area is 98.8 Å². The Balaban J connectivity index is 0. The molecule has 16 heavy (non-hydrogen) atoms. The summed E-state index contributed by atoms with van der Waals surface area (Å²) in [6.45, 7) is 4.37. The van der Waals surface area contributed by atoms with Crippen molar-refractivity contribution in [1.29, 1.82) is 0 Å². The average molecular weight is 255 g/mol. The summed E-state index contributed by atoms with van der Waals surface area (Å²) in [5.74, 6) is -0.108. The van der Waals surface area contributed by atoms with Crippen LogP contribution in [0.25, 0.3) is 0 Å². The number of nitrogens with two attached hydrogens (primary N) is 1. The minimum absolute atomic E-state index is 0.108. The van der Waals surface area contributed by atoms with Gasteiger partial charge in [0.05, 0.1) is 11.9 Å². The van der Waals surface area contributed by atoms with Crippen molar-refractivity contribution in [3.05, 3.63) is 0 Å². The number of hydrogen-bond acceptors (Lipinski definition) is 4. The zero-order chi connectivity index (χ0) is 13.0. The van der Waals surface area contributed by atoms with Gasteiger partial charge in [0.1, 0.15) is 0 Å². The first-order valence-corrected chi connectivity index (χ1v) is 7.31. The molecule has 0 heterocycles. The Morgan fingerprint density at radius 1 is 1.19 bits per heavy atom. The predicted octanol–water partition coefficient (Wildman–Crippen LogP) is 1.17. The Kier molecular flexibility index (Phi) is 12.9. The molecule has 6 heteroatoms. The molecule has 0 aromatic carbocycles. The highest BCUT2D eigenvalue weighted by atomic mass is 32.2. The normalized spacial score (nSPS) is 12.8. The molecular weight excluding hydrogens is 230 g/mol. The van der Waals surface area contributed by atoms with Crippen molar-refractivity contribution in [1.82, 2.24) is 0 Å². The lowest BCUT2D eigenvalue weighted by Crippen LogP contribution is -2.18. The minimum atomic E-state index is -3.69. The molecule has 100 valence electrons. The lowest BCUT2D eigenvalue weighted by atomic mass is 10.2. The van der Waals surface area contributed by atoms with Crippen molar-refractivity contribution in [2.24, 2.45) is 5.73 Å². The Bertz CT molecular complexity index is 229. The van der Waals surface area contributed by atoms with Gasteiger partial charge < -0.3 is 10.8 Å². The first-order chi connectivity index (χ1) is 7.37. The van der Waals surface area contributed by atoms with Crippen LogP contribution in [0.1, 0.15) is 46.0 Å². The highest BCUT2D eigenvalue weighted by molar-refractivity contribution is 7.85. The monoisotopic (exact) mass is 255 g/mol. The van der Waals surface area contributed by atoms with E-state index in [1.807, 2.05) is 6.92 Å². The van der Waals surface area contributed by atoms with Gasteiger partial charge in [-0.05, 0) is 12.8 Å². The van der Waals surface area contributed by atoms with Crippen molar-refractivity contribution in [3.63, 3.8) is 0 Å². The standard InChI is InChI=1S/C6H15NO.C4H10O3S/c1-2-3-4-6(8)5-7;1-2-3-4-8(5,6)7/h6,8H,2-5,7H2,1H3;2-4H2,1H3,(H,5,6,7). The van der Waals surface area contributed by atoms with E-state index in [4.69, 9.17) is 15.4 Å². The molecule has 0 bridgehead atoms. The maximum atomic E-state index is 9.95. The summed E-state index contributed by atoms with van der Waals surface area (Å²) < 4.78 is 28.0. The van der Waals surface area contributed by atoms with Gasteiger partial charge in [0.15, 0.2) is 0 Å². The fourth-order valence-corrected chi connectivity index (χ4v) is 1.54. The zero-order valence-electron chi connectivity index (χ0n) is 10.2. The maximum absolute atomic E-state index is 9.95. The molecule has 0 saturated heterocycles. The van der Waals surface area contributed by atoms with Gasteiger partial charge in [0.25, 0.3) is 10.1 Å². The van der Waals surface area contributed by atoms with Gasteiger partial charge in [0, 0.05) is 6.54 Å². The van der Waals surface area contributed by atoms with Crippen LogP contribution in [-0.4, -0.2) is 36.5 Å². The van der Waals surface area contributed by atoms with Crippen molar-refractivity contribution in [3.8, 4) is 0 Å².